The Kier molecular flexibility index (Phi) is 2.17. The van der Waals surface area contributed by atoms with E-state index < -0.39 is 0 Å². The van der Waals surface area contributed by atoms with Gasteiger partial charge >= 0.3 is 94.0 Å². The molecule has 0 amide bonds. The van der Waals surface area contributed by atoms with Crippen molar-refractivity contribution in [3.8, 4) is 11.3 Å². The average Bonchev–Trinajstić information content (AvgIpc) is 2.82. The molecule has 2 heteroatoms. The van der Waals surface area contributed by atoms with Crippen LogP contribution in [0.4, 0.5) is 0 Å². The Morgan fingerprint density at radius 1 is 0.933 bits per heavy atom. The Morgan fingerprint density at radius 3 is 2.60 bits per heavy atom. The number of fused-ring (bicyclic) bond motifs is 1. The molecule has 0 radical (unpaired) electrons. The summed E-state index contributed by atoms with van der Waals surface area (Å²) in [5.41, 5.74) is 2.35. The summed E-state index contributed by atoms with van der Waals surface area (Å²) in [7, 11) is 0. The van der Waals surface area contributed by atoms with Crippen LogP contribution >= 0.6 is 0 Å². The van der Waals surface area contributed by atoms with Gasteiger partial charge in [0.1, 0.15) is 0 Å². The fourth-order valence-electron chi connectivity index (χ4n) is 1.70. The zero-order valence-corrected chi connectivity index (χ0v) is 9.76. The number of hydrogen-bond acceptors (Lipinski definition) is 1. The van der Waals surface area contributed by atoms with E-state index in [1.165, 1.54) is 16.3 Å². The second-order valence-electron chi connectivity index (χ2n) is 3.44. The van der Waals surface area contributed by atoms with E-state index in [1.807, 2.05) is 5.07 Å². The molecule has 1 heterocycles. The first-order chi connectivity index (χ1) is 7.43. The molecule has 0 N–H and O–H groups in total. The zero-order chi connectivity index (χ0) is 10.1. The molecule has 0 aliphatic heterocycles. The van der Waals surface area contributed by atoms with Crippen LogP contribution in [0.1, 0.15) is 0 Å². The monoisotopic (exact) mass is 259 g/mol. The second-order valence-corrected chi connectivity index (χ2v) is 4.94. The molecule has 15 heavy (non-hydrogen) atoms. The number of benzene rings is 2. The Labute approximate surface area is 94.1 Å². The van der Waals surface area contributed by atoms with Gasteiger partial charge in [-0.05, 0) is 0 Å². The van der Waals surface area contributed by atoms with Gasteiger partial charge in [-0.15, -0.1) is 0 Å². The van der Waals surface area contributed by atoms with Crippen LogP contribution in [-0.4, -0.2) is 19.5 Å². The predicted octanol–water partition coefficient (Wildman–Crippen LogP) is 2.96. The van der Waals surface area contributed by atoms with Crippen molar-refractivity contribution in [1.82, 2.24) is 4.98 Å². The molecule has 0 unspecified atom stereocenters. The first-order valence-electron chi connectivity index (χ1n) is 4.81. The molecule has 72 valence electrons. The molecule has 0 aliphatic rings. The summed E-state index contributed by atoms with van der Waals surface area (Å²) >= 11 is 0.459. The van der Waals surface area contributed by atoms with E-state index in [4.69, 9.17) is 0 Å². The minimum atomic E-state index is 0.459. The van der Waals surface area contributed by atoms with Gasteiger partial charge in [-0.25, -0.2) is 0 Å². The number of rotatable bonds is 1. The number of nitrogens with zero attached hydrogens (tertiary/aromatic N) is 1. The van der Waals surface area contributed by atoms with E-state index >= 15 is 0 Å². The van der Waals surface area contributed by atoms with E-state index in [2.05, 4.69) is 52.4 Å². The normalized spacial score (nSPS) is 10.7. The molecule has 0 saturated carbocycles. The standard InChI is InChI=1S/C13H9NSe/c1-2-4-11-7-12(6-5-10(11)3-1)13-8-15-9-14-13/h1-9H. The predicted molar refractivity (Wildman–Crippen MR) is 64.1 cm³/mol. The zero-order valence-electron chi connectivity index (χ0n) is 8.05. The van der Waals surface area contributed by atoms with Gasteiger partial charge in [0.25, 0.3) is 0 Å². The average molecular weight is 258 g/mol. The molecule has 0 saturated heterocycles. The maximum absolute atomic E-state index is 4.38. The molecular weight excluding hydrogens is 249 g/mol. The van der Waals surface area contributed by atoms with Crippen LogP contribution in [0.15, 0.2) is 52.5 Å². The molecule has 0 atom stereocenters. The summed E-state index contributed by atoms with van der Waals surface area (Å²) in [5, 5.41) is 4.58. The minimum absolute atomic E-state index is 0.459. The molecular formula is C13H9NSe. The van der Waals surface area contributed by atoms with Gasteiger partial charge in [0, 0.05) is 0 Å². The summed E-state index contributed by atoms with van der Waals surface area (Å²) in [4.78, 5) is 6.60. The Hall–Kier alpha value is -1.37. The molecule has 0 fully saturated rings. The molecule has 1 nitrogen and oxygen atoms in total. The molecule has 2 aromatic carbocycles. The second kappa shape index (κ2) is 3.65. The summed E-state index contributed by atoms with van der Waals surface area (Å²) in [6, 6.07) is 14.9. The van der Waals surface area contributed by atoms with Gasteiger partial charge in [0.2, 0.25) is 0 Å². The molecule has 0 bridgehead atoms. The third kappa shape index (κ3) is 1.63. The van der Waals surface area contributed by atoms with Crippen molar-refractivity contribution in [2.24, 2.45) is 0 Å². The molecule has 3 rings (SSSR count). The van der Waals surface area contributed by atoms with Crippen LogP contribution in [0, 0.1) is 0 Å². The van der Waals surface area contributed by atoms with Gasteiger partial charge < -0.3 is 0 Å². The van der Waals surface area contributed by atoms with Gasteiger partial charge in [0.05, 0.1) is 0 Å². The van der Waals surface area contributed by atoms with Crippen molar-refractivity contribution in [2.45, 2.75) is 0 Å². The van der Waals surface area contributed by atoms with Crippen LogP contribution in [0.5, 0.6) is 0 Å². The van der Waals surface area contributed by atoms with Crippen molar-refractivity contribution in [3.05, 3.63) is 52.5 Å². The van der Waals surface area contributed by atoms with E-state index in [0.29, 0.717) is 14.5 Å². The summed E-state index contributed by atoms with van der Waals surface area (Å²) in [5.74, 6) is 0. The Balaban J connectivity index is 2.22. The van der Waals surface area contributed by atoms with Crippen molar-refractivity contribution in [1.29, 1.82) is 0 Å². The van der Waals surface area contributed by atoms with E-state index in [1.54, 1.807) is 0 Å². The van der Waals surface area contributed by atoms with Crippen molar-refractivity contribution in [2.75, 3.05) is 0 Å². The third-order valence-corrected chi connectivity index (χ3v) is 3.71. The third-order valence-electron chi connectivity index (χ3n) is 2.48. The van der Waals surface area contributed by atoms with E-state index in [-0.39, 0.29) is 0 Å². The van der Waals surface area contributed by atoms with Crippen LogP contribution in [0.25, 0.3) is 22.0 Å². The Bertz CT molecular complexity index is 584. The molecule has 1 aromatic heterocycles. The van der Waals surface area contributed by atoms with Gasteiger partial charge in [-0.1, -0.05) is 0 Å². The molecule has 0 aliphatic carbocycles. The van der Waals surface area contributed by atoms with Crippen LogP contribution in [-0.2, 0) is 0 Å². The number of hydrogen-bond donors (Lipinski definition) is 0. The van der Waals surface area contributed by atoms with Gasteiger partial charge in [-0.2, -0.15) is 0 Å². The summed E-state index contributed by atoms with van der Waals surface area (Å²) in [6.45, 7) is 0. The fourth-order valence-corrected chi connectivity index (χ4v) is 2.88. The first-order valence-corrected chi connectivity index (χ1v) is 6.79. The van der Waals surface area contributed by atoms with Gasteiger partial charge in [0.15, 0.2) is 0 Å². The first kappa shape index (κ1) is 8.90. The topological polar surface area (TPSA) is 12.9 Å². The SMILES string of the molecule is c1ccc2cc(-c3c[se]cn3)ccc2c1. The van der Waals surface area contributed by atoms with Crippen molar-refractivity contribution < 1.29 is 0 Å². The van der Waals surface area contributed by atoms with Crippen LogP contribution < -0.4 is 0 Å². The molecule has 0 spiro atoms. The number of aromatic nitrogens is 1. The molecule has 3 aromatic rings. The van der Waals surface area contributed by atoms with Gasteiger partial charge in [-0.3, -0.25) is 0 Å². The quantitative estimate of drug-likeness (QED) is 0.611. The van der Waals surface area contributed by atoms with Crippen LogP contribution in [0.3, 0.4) is 0 Å². The fraction of sp³-hybridized carbons (Fsp3) is 0. The summed E-state index contributed by atoms with van der Waals surface area (Å²) in [6.07, 6.45) is 0. The van der Waals surface area contributed by atoms with Crippen LogP contribution in [0.2, 0.25) is 0 Å². The van der Waals surface area contributed by atoms with Crippen molar-refractivity contribution in [3.63, 3.8) is 0 Å². The van der Waals surface area contributed by atoms with E-state index in [0.717, 1.165) is 5.69 Å². The van der Waals surface area contributed by atoms with Crippen molar-refractivity contribution >= 4 is 25.3 Å². The van der Waals surface area contributed by atoms with E-state index in [9.17, 15) is 0 Å². The Morgan fingerprint density at radius 2 is 1.80 bits per heavy atom. The maximum atomic E-state index is 4.38. The summed E-state index contributed by atoms with van der Waals surface area (Å²) < 4.78 is 0.